The van der Waals surface area contributed by atoms with Gasteiger partial charge in [-0.2, -0.15) is 0 Å². The second-order valence-corrected chi connectivity index (χ2v) is 3.37. The molecule has 74 valence electrons. The number of anilines is 1. The smallest absolute Gasteiger partial charge is 0.254 e. The van der Waals surface area contributed by atoms with Crippen molar-refractivity contribution in [3.05, 3.63) is 23.4 Å². The van der Waals surface area contributed by atoms with Gasteiger partial charge in [-0.3, -0.25) is 9.69 Å². The van der Waals surface area contributed by atoms with Gasteiger partial charge in [-0.1, -0.05) is 11.6 Å². The van der Waals surface area contributed by atoms with Gasteiger partial charge in [-0.05, 0) is 12.1 Å². The highest BCUT2D eigenvalue weighted by atomic mass is 35.5. The number of carbonyl (C=O) groups excluding carboxylic acids is 1. The maximum absolute atomic E-state index is 11.4. The highest BCUT2D eigenvalue weighted by molar-refractivity contribution is 6.30. The van der Waals surface area contributed by atoms with Crippen molar-refractivity contribution in [2.45, 2.75) is 0 Å². The monoisotopic (exact) mass is 212 g/mol. The largest absolute Gasteiger partial charge is 0.370 e. The Morgan fingerprint density at radius 2 is 2.43 bits per heavy atom. The first-order valence-corrected chi connectivity index (χ1v) is 4.65. The van der Waals surface area contributed by atoms with E-state index in [4.69, 9.17) is 16.3 Å². The van der Waals surface area contributed by atoms with Crippen LogP contribution in [0.1, 0.15) is 0 Å². The topological polar surface area (TPSA) is 42.4 Å². The molecule has 0 spiro atoms. The minimum Gasteiger partial charge on any atom is -0.370 e. The summed E-state index contributed by atoms with van der Waals surface area (Å²) in [6, 6.07) is 3.35. The van der Waals surface area contributed by atoms with Crippen LogP contribution in [-0.4, -0.2) is 30.6 Å². The van der Waals surface area contributed by atoms with Crippen LogP contribution in [0.5, 0.6) is 0 Å². The normalized spacial score (nSPS) is 17.2. The van der Waals surface area contributed by atoms with Gasteiger partial charge in [0.25, 0.3) is 5.91 Å². The molecule has 1 amide bonds. The minimum absolute atomic E-state index is 0.0778. The van der Waals surface area contributed by atoms with Gasteiger partial charge >= 0.3 is 0 Å². The predicted molar refractivity (Wildman–Crippen MR) is 52.4 cm³/mol. The number of nitrogens with zero attached hydrogens (tertiary/aromatic N) is 2. The molecule has 1 aromatic rings. The number of morpholine rings is 1. The molecule has 0 unspecified atom stereocenters. The first-order valence-electron chi connectivity index (χ1n) is 4.27. The van der Waals surface area contributed by atoms with Crippen LogP contribution < -0.4 is 4.90 Å². The summed E-state index contributed by atoms with van der Waals surface area (Å²) in [5.74, 6) is 0.511. The molecule has 0 saturated carbocycles. The van der Waals surface area contributed by atoms with E-state index in [-0.39, 0.29) is 12.5 Å². The van der Waals surface area contributed by atoms with Crippen LogP contribution in [0.4, 0.5) is 5.82 Å². The van der Waals surface area contributed by atoms with Crippen LogP contribution in [-0.2, 0) is 9.53 Å². The lowest BCUT2D eigenvalue weighted by molar-refractivity contribution is -0.125. The van der Waals surface area contributed by atoms with E-state index in [1.807, 2.05) is 0 Å². The van der Waals surface area contributed by atoms with Crippen molar-refractivity contribution in [1.82, 2.24) is 4.98 Å². The number of hydrogen-bond donors (Lipinski definition) is 0. The van der Waals surface area contributed by atoms with Crippen LogP contribution in [0.3, 0.4) is 0 Å². The molecule has 0 N–H and O–H groups in total. The molecule has 0 atom stereocenters. The summed E-state index contributed by atoms with van der Waals surface area (Å²) in [5, 5.41) is 0.578. The second-order valence-electron chi connectivity index (χ2n) is 2.93. The quantitative estimate of drug-likeness (QED) is 0.700. The minimum atomic E-state index is -0.0778. The molecule has 0 aromatic carbocycles. The number of aromatic nitrogens is 1. The summed E-state index contributed by atoms with van der Waals surface area (Å²) < 4.78 is 5.01. The van der Waals surface area contributed by atoms with Crippen LogP contribution in [0.15, 0.2) is 18.3 Å². The van der Waals surface area contributed by atoms with E-state index in [2.05, 4.69) is 4.98 Å². The fraction of sp³-hybridized carbons (Fsp3) is 0.333. The molecule has 2 rings (SSSR count). The molecule has 1 aliphatic rings. The maximum atomic E-state index is 11.4. The number of amides is 1. The summed E-state index contributed by atoms with van der Waals surface area (Å²) in [5.41, 5.74) is 0. The zero-order valence-corrected chi connectivity index (χ0v) is 8.20. The van der Waals surface area contributed by atoms with Crippen molar-refractivity contribution < 1.29 is 9.53 Å². The SMILES string of the molecule is O=C1COCCN1c1cc(Cl)ccn1. The van der Waals surface area contributed by atoms with Gasteiger partial charge in [-0.25, -0.2) is 4.98 Å². The fourth-order valence-corrected chi connectivity index (χ4v) is 1.46. The molecule has 0 aliphatic carbocycles. The molecular weight excluding hydrogens is 204 g/mol. The number of rotatable bonds is 1. The van der Waals surface area contributed by atoms with Gasteiger partial charge in [-0.15, -0.1) is 0 Å². The van der Waals surface area contributed by atoms with E-state index in [1.54, 1.807) is 23.2 Å². The van der Waals surface area contributed by atoms with E-state index in [0.717, 1.165) is 0 Å². The molecule has 14 heavy (non-hydrogen) atoms. The number of ether oxygens (including phenoxy) is 1. The van der Waals surface area contributed by atoms with Gasteiger partial charge in [0.15, 0.2) is 0 Å². The highest BCUT2D eigenvalue weighted by Gasteiger charge is 2.20. The first kappa shape index (κ1) is 9.43. The Morgan fingerprint density at radius 1 is 1.57 bits per heavy atom. The Labute approximate surface area is 86.4 Å². The van der Waals surface area contributed by atoms with Crippen LogP contribution >= 0.6 is 11.6 Å². The van der Waals surface area contributed by atoms with Gasteiger partial charge in [0.1, 0.15) is 12.4 Å². The lowest BCUT2D eigenvalue weighted by atomic mass is 10.3. The van der Waals surface area contributed by atoms with Gasteiger partial charge < -0.3 is 4.74 Å². The molecule has 1 saturated heterocycles. The Balaban J connectivity index is 2.24. The zero-order valence-electron chi connectivity index (χ0n) is 7.44. The average Bonchev–Trinajstić information content (AvgIpc) is 2.18. The van der Waals surface area contributed by atoms with E-state index in [0.29, 0.717) is 24.0 Å². The molecule has 5 heteroatoms. The van der Waals surface area contributed by atoms with Gasteiger partial charge in [0.05, 0.1) is 13.2 Å². The molecule has 1 aliphatic heterocycles. The van der Waals surface area contributed by atoms with Crippen molar-refractivity contribution >= 4 is 23.3 Å². The average molecular weight is 213 g/mol. The van der Waals surface area contributed by atoms with Crippen molar-refractivity contribution in [3.63, 3.8) is 0 Å². The van der Waals surface area contributed by atoms with E-state index in [9.17, 15) is 4.79 Å². The van der Waals surface area contributed by atoms with Crippen molar-refractivity contribution in [2.75, 3.05) is 24.7 Å². The Bertz CT molecular complexity index is 356. The summed E-state index contributed by atoms with van der Waals surface area (Å²) in [6.07, 6.45) is 1.58. The maximum Gasteiger partial charge on any atom is 0.254 e. The van der Waals surface area contributed by atoms with Crippen molar-refractivity contribution in [3.8, 4) is 0 Å². The number of pyridine rings is 1. The van der Waals surface area contributed by atoms with Crippen molar-refractivity contribution in [2.24, 2.45) is 0 Å². The summed E-state index contributed by atoms with van der Waals surface area (Å²) in [6.45, 7) is 1.19. The van der Waals surface area contributed by atoms with E-state index in [1.165, 1.54) is 0 Å². The van der Waals surface area contributed by atoms with Crippen LogP contribution in [0, 0.1) is 0 Å². The third-order valence-corrected chi connectivity index (χ3v) is 2.21. The third kappa shape index (κ3) is 1.86. The summed E-state index contributed by atoms with van der Waals surface area (Å²) in [4.78, 5) is 17.1. The summed E-state index contributed by atoms with van der Waals surface area (Å²) >= 11 is 5.80. The lowest BCUT2D eigenvalue weighted by Gasteiger charge is -2.25. The standard InChI is InChI=1S/C9H9ClN2O2/c10-7-1-2-11-8(5-7)12-3-4-14-6-9(12)13/h1-2,5H,3-4,6H2. The summed E-state index contributed by atoms with van der Waals surface area (Å²) in [7, 11) is 0. The number of hydrogen-bond acceptors (Lipinski definition) is 3. The number of halogens is 1. The van der Waals surface area contributed by atoms with Crippen LogP contribution in [0.2, 0.25) is 5.02 Å². The first-order chi connectivity index (χ1) is 6.77. The Kier molecular flexibility index (Phi) is 2.65. The molecule has 1 fully saturated rings. The Hall–Kier alpha value is -1.13. The Morgan fingerprint density at radius 3 is 3.14 bits per heavy atom. The van der Waals surface area contributed by atoms with Gasteiger partial charge in [0.2, 0.25) is 0 Å². The van der Waals surface area contributed by atoms with Gasteiger partial charge in [0, 0.05) is 11.2 Å². The fourth-order valence-electron chi connectivity index (χ4n) is 1.30. The molecular formula is C9H9ClN2O2. The molecule has 4 nitrogen and oxygen atoms in total. The predicted octanol–water partition coefficient (Wildman–Crippen LogP) is 1.10. The third-order valence-electron chi connectivity index (χ3n) is 1.97. The molecule has 1 aromatic heterocycles. The highest BCUT2D eigenvalue weighted by Crippen LogP contribution is 2.17. The van der Waals surface area contributed by atoms with E-state index < -0.39 is 0 Å². The molecule has 2 heterocycles. The van der Waals surface area contributed by atoms with E-state index >= 15 is 0 Å². The van der Waals surface area contributed by atoms with Crippen molar-refractivity contribution in [1.29, 1.82) is 0 Å². The molecule has 0 radical (unpaired) electrons. The second kappa shape index (κ2) is 3.94. The lowest BCUT2D eigenvalue weighted by Crippen LogP contribution is -2.42. The molecule has 0 bridgehead atoms. The number of carbonyl (C=O) groups is 1. The van der Waals surface area contributed by atoms with Crippen LogP contribution in [0.25, 0.3) is 0 Å². The zero-order chi connectivity index (χ0) is 9.97.